The largest absolute Gasteiger partial charge is 0.437 e. The van der Waals surface area contributed by atoms with Crippen molar-refractivity contribution < 1.29 is 4.42 Å². The Hall–Kier alpha value is -3.46. The fraction of sp³-hybridized carbons (Fsp3) is 0.267. The number of pyridine rings is 2. The van der Waals surface area contributed by atoms with Crippen molar-refractivity contribution in [3.05, 3.63) is 83.0 Å². The second kappa shape index (κ2) is 7.84. The molecule has 0 atom stereocenters. The van der Waals surface area contributed by atoms with Crippen LogP contribution in [0.2, 0.25) is 0 Å². The average molecular weight is 435 g/mol. The summed E-state index contributed by atoms with van der Waals surface area (Å²) < 4.78 is 6.38. The number of para-hydroxylation sites is 1. The number of furan rings is 1. The van der Waals surface area contributed by atoms with Gasteiger partial charge in [-0.25, -0.2) is 4.98 Å². The van der Waals surface area contributed by atoms with Gasteiger partial charge in [-0.2, -0.15) is 0 Å². The molecule has 0 unspecified atom stereocenters. The quantitative estimate of drug-likeness (QED) is 0.287. The lowest BCUT2D eigenvalue weighted by molar-refractivity contribution is 0.410. The van der Waals surface area contributed by atoms with Gasteiger partial charge >= 0.3 is 0 Å². The van der Waals surface area contributed by atoms with Gasteiger partial charge in [0.25, 0.3) is 0 Å². The first-order valence-corrected chi connectivity index (χ1v) is 11.6. The van der Waals surface area contributed by atoms with Crippen LogP contribution in [-0.4, -0.2) is 9.97 Å². The lowest BCUT2D eigenvalue weighted by atomic mass is 9.87. The van der Waals surface area contributed by atoms with E-state index in [-0.39, 0.29) is 5.41 Å². The van der Waals surface area contributed by atoms with Gasteiger partial charge < -0.3 is 4.42 Å². The molecule has 3 heterocycles. The van der Waals surface area contributed by atoms with Crippen molar-refractivity contribution in [2.45, 2.75) is 48.0 Å². The van der Waals surface area contributed by atoms with Gasteiger partial charge in [-0.15, -0.1) is 0 Å². The van der Waals surface area contributed by atoms with Crippen LogP contribution in [0.25, 0.3) is 44.6 Å². The minimum absolute atomic E-state index is 0.228. The molecule has 3 nitrogen and oxygen atoms in total. The molecule has 33 heavy (non-hydrogen) atoms. The number of fused-ring (bicyclic) bond motifs is 3. The monoisotopic (exact) mass is 434 g/mol. The molecule has 3 aromatic heterocycles. The summed E-state index contributed by atoms with van der Waals surface area (Å²) in [5, 5.41) is 2.10. The molecule has 5 rings (SSSR count). The molecule has 0 aliphatic carbocycles. The number of nitrogens with zero attached hydrogens (tertiary/aromatic N) is 2. The zero-order chi connectivity index (χ0) is 23.3. The number of aromatic nitrogens is 2. The molecule has 3 heteroatoms. The number of benzene rings is 2. The standard InChI is InChI=1S/C30H30N2O/c1-18-9-7-10-19(2)27(18)25-14-13-23-22-11-8-12-24(28(22)33-29(23)32-25)26-15-20(3)21(17-31-26)16-30(4,5)6/h7-15,17H,16H2,1-6H3. The maximum Gasteiger partial charge on any atom is 0.227 e. The first kappa shape index (κ1) is 21.4. The van der Waals surface area contributed by atoms with Crippen molar-refractivity contribution in [1.82, 2.24) is 9.97 Å². The van der Waals surface area contributed by atoms with E-state index >= 15 is 0 Å². The summed E-state index contributed by atoms with van der Waals surface area (Å²) in [6.45, 7) is 13.2. The van der Waals surface area contributed by atoms with E-state index in [1.165, 1.54) is 27.8 Å². The van der Waals surface area contributed by atoms with E-state index in [0.717, 1.165) is 39.7 Å². The number of aryl methyl sites for hydroxylation is 3. The molecule has 5 aromatic rings. The van der Waals surface area contributed by atoms with Gasteiger partial charge in [-0.3, -0.25) is 4.98 Å². The van der Waals surface area contributed by atoms with Crippen molar-refractivity contribution in [2.75, 3.05) is 0 Å². The second-order valence-corrected chi connectivity index (χ2v) is 10.3. The van der Waals surface area contributed by atoms with Gasteiger partial charge in [0.2, 0.25) is 5.71 Å². The Labute approximate surface area is 195 Å². The van der Waals surface area contributed by atoms with E-state index in [2.05, 4.69) is 96.1 Å². The summed E-state index contributed by atoms with van der Waals surface area (Å²) in [5.74, 6) is 0. The Morgan fingerprint density at radius 3 is 2.21 bits per heavy atom. The third-order valence-corrected chi connectivity index (χ3v) is 6.32. The smallest absolute Gasteiger partial charge is 0.227 e. The Kier molecular flexibility index (Phi) is 5.08. The molecule has 0 spiro atoms. The highest BCUT2D eigenvalue weighted by molar-refractivity contribution is 6.08. The Morgan fingerprint density at radius 1 is 0.788 bits per heavy atom. The summed E-state index contributed by atoms with van der Waals surface area (Å²) in [7, 11) is 0. The fourth-order valence-corrected chi connectivity index (χ4v) is 4.73. The Morgan fingerprint density at radius 2 is 1.52 bits per heavy atom. The first-order chi connectivity index (χ1) is 15.7. The third-order valence-electron chi connectivity index (χ3n) is 6.32. The number of rotatable bonds is 3. The summed E-state index contributed by atoms with van der Waals surface area (Å²) in [5.41, 5.74) is 10.8. The molecule has 0 aliphatic heterocycles. The normalized spacial score (nSPS) is 12.1. The molecule has 2 aromatic carbocycles. The van der Waals surface area contributed by atoms with Crippen LogP contribution in [0.15, 0.2) is 65.2 Å². The SMILES string of the molecule is Cc1cc(-c2cccc3c2oc2nc(-c4c(C)cccc4C)ccc23)ncc1CC(C)(C)C. The van der Waals surface area contributed by atoms with Crippen LogP contribution >= 0.6 is 0 Å². The van der Waals surface area contributed by atoms with Gasteiger partial charge in [0, 0.05) is 28.1 Å². The van der Waals surface area contributed by atoms with Crippen LogP contribution in [0.5, 0.6) is 0 Å². The molecule has 0 saturated carbocycles. The van der Waals surface area contributed by atoms with Crippen molar-refractivity contribution in [3.63, 3.8) is 0 Å². The first-order valence-electron chi connectivity index (χ1n) is 11.6. The molecule has 0 radical (unpaired) electrons. The topological polar surface area (TPSA) is 38.9 Å². The highest BCUT2D eigenvalue weighted by Crippen LogP contribution is 2.37. The van der Waals surface area contributed by atoms with Gasteiger partial charge in [0.15, 0.2) is 0 Å². The number of hydrogen-bond donors (Lipinski definition) is 0. The van der Waals surface area contributed by atoms with Gasteiger partial charge in [0.1, 0.15) is 5.58 Å². The average Bonchev–Trinajstić information content (AvgIpc) is 3.12. The van der Waals surface area contributed by atoms with E-state index in [0.29, 0.717) is 5.71 Å². The van der Waals surface area contributed by atoms with Crippen molar-refractivity contribution >= 4 is 22.1 Å². The summed E-state index contributed by atoms with van der Waals surface area (Å²) >= 11 is 0. The van der Waals surface area contributed by atoms with Crippen molar-refractivity contribution in [1.29, 1.82) is 0 Å². The molecule has 0 saturated heterocycles. The van der Waals surface area contributed by atoms with Crippen LogP contribution in [0.4, 0.5) is 0 Å². The van der Waals surface area contributed by atoms with Crippen molar-refractivity contribution in [3.8, 4) is 22.5 Å². The summed E-state index contributed by atoms with van der Waals surface area (Å²) in [4.78, 5) is 9.75. The third kappa shape index (κ3) is 3.93. The van der Waals surface area contributed by atoms with Gasteiger partial charge in [-0.05, 0) is 79.1 Å². The van der Waals surface area contributed by atoms with Gasteiger partial charge in [0.05, 0.1) is 11.4 Å². The molecule has 0 fully saturated rings. The van der Waals surface area contributed by atoms with E-state index in [9.17, 15) is 0 Å². The zero-order valence-corrected chi connectivity index (χ0v) is 20.3. The van der Waals surface area contributed by atoms with Crippen molar-refractivity contribution in [2.24, 2.45) is 5.41 Å². The minimum Gasteiger partial charge on any atom is -0.437 e. The molecule has 166 valence electrons. The summed E-state index contributed by atoms with van der Waals surface area (Å²) in [6.07, 6.45) is 3.03. The second-order valence-electron chi connectivity index (χ2n) is 10.3. The lowest BCUT2D eigenvalue weighted by Gasteiger charge is -2.19. The van der Waals surface area contributed by atoms with E-state index in [1.807, 2.05) is 6.20 Å². The zero-order valence-electron chi connectivity index (χ0n) is 20.3. The molecule has 0 amide bonds. The van der Waals surface area contributed by atoms with Crippen LogP contribution < -0.4 is 0 Å². The predicted molar refractivity (Wildman–Crippen MR) is 138 cm³/mol. The molecule has 0 bridgehead atoms. The van der Waals surface area contributed by atoms with Crippen LogP contribution in [0, 0.1) is 26.2 Å². The fourth-order valence-electron chi connectivity index (χ4n) is 4.73. The lowest BCUT2D eigenvalue weighted by Crippen LogP contribution is -2.10. The maximum atomic E-state index is 6.38. The van der Waals surface area contributed by atoms with Crippen LogP contribution in [0.3, 0.4) is 0 Å². The molecule has 0 aliphatic rings. The van der Waals surface area contributed by atoms with E-state index in [1.54, 1.807) is 0 Å². The van der Waals surface area contributed by atoms with E-state index < -0.39 is 0 Å². The Balaban J connectivity index is 1.64. The maximum absolute atomic E-state index is 6.38. The minimum atomic E-state index is 0.228. The van der Waals surface area contributed by atoms with Crippen LogP contribution in [0.1, 0.15) is 43.0 Å². The molecular weight excluding hydrogens is 404 g/mol. The highest BCUT2D eigenvalue weighted by Gasteiger charge is 2.18. The van der Waals surface area contributed by atoms with Gasteiger partial charge in [-0.1, -0.05) is 51.1 Å². The predicted octanol–water partition coefficient (Wildman–Crippen LogP) is 8.22. The van der Waals surface area contributed by atoms with Crippen LogP contribution in [-0.2, 0) is 6.42 Å². The summed E-state index contributed by atoms with van der Waals surface area (Å²) in [6, 6.07) is 19.0. The Bertz CT molecular complexity index is 1480. The molecule has 0 N–H and O–H groups in total. The van der Waals surface area contributed by atoms with E-state index in [4.69, 9.17) is 14.4 Å². The highest BCUT2D eigenvalue weighted by atomic mass is 16.3. The number of hydrogen-bond acceptors (Lipinski definition) is 3. The molecular formula is C30H30N2O.